The monoisotopic (exact) mass is 318 g/mol. The maximum atomic E-state index is 11.8. The lowest BCUT2D eigenvalue weighted by atomic mass is 10.3. The van der Waals surface area contributed by atoms with Crippen LogP contribution in [0.3, 0.4) is 0 Å². The number of nitrogens with one attached hydrogen (secondary N) is 2. The number of nitrogens with zero attached hydrogens (tertiary/aromatic N) is 4. The molecule has 2 rings (SSSR count). The molecule has 0 aliphatic rings. The molecule has 23 heavy (non-hydrogen) atoms. The Kier molecular flexibility index (Phi) is 5.52. The lowest BCUT2D eigenvalue weighted by molar-refractivity contribution is -0.121. The summed E-state index contributed by atoms with van der Waals surface area (Å²) in [7, 11) is 0. The predicted molar refractivity (Wildman–Crippen MR) is 91.5 cm³/mol. The topological polar surface area (TPSA) is 84.7 Å². The minimum Gasteiger partial charge on any atom is -0.368 e. The zero-order valence-electron chi connectivity index (χ0n) is 14.6. The first kappa shape index (κ1) is 17.2. The Labute approximate surface area is 136 Å². The third-order valence-electron chi connectivity index (χ3n) is 3.51. The van der Waals surface area contributed by atoms with Crippen molar-refractivity contribution in [3.63, 3.8) is 0 Å². The van der Waals surface area contributed by atoms with Crippen molar-refractivity contribution in [3.05, 3.63) is 11.5 Å². The van der Waals surface area contributed by atoms with E-state index < -0.39 is 0 Å². The molecule has 0 aliphatic carbocycles. The van der Waals surface area contributed by atoms with Gasteiger partial charge in [0.15, 0.2) is 5.82 Å². The van der Waals surface area contributed by atoms with E-state index in [1.807, 2.05) is 39.3 Å². The Morgan fingerprint density at radius 3 is 2.61 bits per heavy atom. The molecule has 0 saturated heterocycles. The fourth-order valence-corrected chi connectivity index (χ4v) is 2.48. The van der Waals surface area contributed by atoms with E-state index in [-0.39, 0.29) is 11.9 Å². The van der Waals surface area contributed by atoms with Crippen molar-refractivity contribution in [2.75, 3.05) is 11.9 Å². The number of amides is 1. The van der Waals surface area contributed by atoms with Crippen molar-refractivity contribution >= 4 is 22.8 Å². The quantitative estimate of drug-likeness (QED) is 0.816. The van der Waals surface area contributed by atoms with Crippen LogP contribution < -0.4 is 10.6 Å². The van der Waals surface area contributed by atoms with Gasteiger partial charge in [0.25, 0.3) is 0 Å². The molecule has 0 aromatic carbocycles. The van der Waals surface area contributed by atoms with Crippen LogP contribution >= 0.6 is 0 Å². The van der Waals surface area contributed by atoms with Gasteiger partial charge in [-0.2, -0.15) is 5.10 Å². The first-order valence-corrected chi connectivity index (χ1v) is 8.23. The Morgan fingerprint density at radius 2 is 2.00 bits per heavy atom. The Bertz CT molecular complexity index is 691. The lowest BCUT2D eigenvalue weighted by Gasteiger charge is -2.11. The molecule has 0 aliphatic heterocycles. The van der Waals surface area contributed by atoms with Crippen molar-refractivity contribution in [1.82, 2.24) is 25.1 Å². The van der Waals surface area contributed by atoms with Gasteiger partial charge in [0.05, 0.1) is 5.69 Å². The maximum absolute atomic E-state index is 11.8. The Morgan fingerprint density at radius 1 is 1.26 bits per heavy atom. The second-order valence-corrected chi connectivity index (χ2v) is 5.84. The Hall–Kier alpha value is -2.18. The van der Waals surface area contributed by atoms with Crippen LogP contribution in [0.15, 0.2) is 0 Å². The molecule has 0 bridgehead atoms. The van der Waals surface area contributed by atoms with E-state index in [0.717, 1.165) is 41.3 Å². The number of hydrogen-bond acceptors (Lipinski definition) is 5. The number of fused-ring (bicyclic) bond motifs is 1. The van der Waals surface area contributed by atoms with Crippen LogP contribution in [0.4, 0.5) is 5.82 Å². The van der Waals surface area contributed by atoms with Crippen LogP contribution in [0.1, 0.15) is 45.6 Å². The van der Waals surface area contributed by atoms with Crippen LogP contribution in [-0.4, -0.2) is 38.2 Å². The molecular formula is C16H26N6O. The van der Waals surface area contributed by atoms with Gasteiger partial charge in [0.1, 0.15) is 16.9 Å². The van der Waals surface area contributed by atoms with E-state index in [1.54, 1.807) is 0 Å². The smallest absolute Gasteiger partial charge is 0.221 e. The SMILES string of the molecule is CCc1nc(NCCC(=O)NC(C)C)c2c(n1)c(C)nn2CC. The summed E-state index contributed by atoms with van der Waals surface area (Å²) in [6.45, 7) is 11.2. The van der Waals surface area contributed by atoms with E-state index >= 15 is 0 Å². The van der Waals surface area contributed by atoms with Crippen LogP contribution in [0.5, 0.6) is 0 Å². The van der Waals surface area contributed by atoms with Gasteiger partial charge >= 0.3 is 0 Å². The van der Waals surface area contributed by atoms with E-state index in [1.165, 1.54) is 0 Å². The van der Waals surface area contributed by atoms with E-state index in [0.29, 0.717) is 13.0 Å². The molecule has 2 aromatic rings. The van der Waals surface area contributed by atoms with E-state index in [9.17, 15) is 4.79 Å². The lowest BCUT2D eigenvalue weighted by Crippen LogP contribution is -2.31. The number of aromatic nitrogens is 4. The molecule has 0 unspecified atom stereocenters. The summed E-state index contributed by atoms with van der Waals surface area (Å²) in [6, 6.07) is 0.157. The van der Waals surface area contributed by atoms with Crippen LogP contribution in [0.25, 0.3) is 11.0 Å². The highest BCUT2D eigenvalue weighted by atomic mass is 16.1. The van der Waals surface area contributed by atoms with Crippen molar-refractivity contribution in [2.24, 2.45) is 0 Å². The van der Waals surface area contributed by atoms with E-state index in [4.69, 9.17) is 0 Å². The van der Waals surface area contributed by atoms with Gasteiger partial charge in [-0.1, -0.05) is 6.92 Å². The third-order valence-corrected chi connectivity index (χ3v) is 3.51. The van der Waals surface area contributed by atoms with Crippen LogP contribution in [0, 0.1) is 6.92 Å². The van der Waals surface area contributed by atoms with Crippen molar-refractivity contribution < 1.29 is 4.79 Å². The summed E-state index contributed by atoms with van der Waals surface area (Å²) in [6.07, 6.45) is 1.17. The number of carbonyl (C=O) groups excluding carboxylic acids is 1. The number of aryl methyl sites for hydroxylation is 3. The summed E-state index contributed by atoms with van der Waals surface area (Å²) in [4.78, 5) is 20.9. The number of anilines is 1. The molecule has 7 heteroatoms. The van der Waals surface area contributed by atoms with Gasteiger partial charge in [-0.25, -0.2) is 9.97 Å². The van der Waals surface area contributed by atoms with Crippen molar-refractivity contribution in [3.8, 4) is 0 Å². The molecule has 7 nitrogen and oxygen atoms in total. The molecule has 2 N–H and O–H groups in total. The first-order chi connectivity index (χ1) is 11.0. The molecule has 126 valence electrons. The first-order valence-electron chi connectivity index (χ1n) is 8.23. The molecule has 0 radical (unpaired) electrons. The van der Waals surface area contributed by atoms with Gasteiger partial charge in [-0.15, -0.1) is 0 Å². The summed E-state index contributed by atoms with van der Waals surface area (Å²) in [5.41, 5.74) is 2.69. The molecule has 1 amide bonds. The van der Waals surface area contributed by atoms with Crippen LogP contribution in [-0.2, 0) is 17.8 Å². The number of carbonyl (C=O) groups is 1. The molecule has 0 atom stereocenters. The van der Waals surface area contributed by atoms with Gasteiger partial charge in [0.2, 0.25) is 5.91 Å². The van der Waals surface area contributed by atoms with E-state index in [2.05, 4.69) is 25.7 Å². The van der Waals surface area contributed by atoms with Gasteiger partial charge < -0.3 is 10.6 Å². The minimum atomic E-state index is 0.0358. The molecule has 0 saturated carbocycles. The number of hydrogen-bond donors (Lipinski definition) is 2. The normalized spacial score (nSPS) is 11.2. The molecular weight excluding hydrogens is 292 g/mol. The molecule has 0 spiro atoms. The standard InChI is InChI=1S/C16H26N6O/c1-6-12-19-14-11(5)21-22(7-2)15(14)16(20-12)17-9-8-13(23)18-10(3)4/h10H,6-9H2,1-5H3,(H,18,23)(H,17,19,20). The second-order valence-electron chi connectivity index (χ2n) is 5.84. The average Bonchev–Trinajstić information content (AvgIpc) is 2.83. The molecule has 0 fully saturated rings. The fraction of sp³-hybridized carbons (Fsp3) is 0.625. The molecule has 2 aromatic heterocycles. The largest absolute Gasteiger partial charge is 0.368 e. The van der Waals surface area contributed by atoms with Gasteiger partial charge in [-0.05, 0) is 27.7 Å². The minimum absolute atomic E-state index is 0.0358. The summed E-state index contributed by atoms with van der Waals surface area (Å²) >= 11 is 0. The summed E-state index contributed by atoms with van der Waals surface area (Å²) < 4.78 is 1.90. The summed E-state index contributed by atoms with van der Waals surface area (Å²) in [5.74, 6) is 1.57. The highest BCUT2D eigenvalue weighted by Crippen LogP contribution is 2.23. The molecule has 2 heterocycles. The number of rotatable bonds is 7. The predicted octanol–water partition coefficient (Wildman–Crippen LogP) is 2.04. The third kappa shape index (κ3) is 3.97. The summed E-state index contributed by atoms with van der Waals surface area (Å²) in [5, 5.41) is 10.7. The second kappa shape index (κ2) is 7.39. The zero-order chi connectivity index (χ0) is 17.0. The highest BCUT2D eigenvalue weighted by molar-refractivity contribution is 5.87. The van der Waals surface area contributed by atoms with Gasteiger partial charge in [0, 0.05) is 32.0 Å². The van der Waals surface area contributed by atoms with Crippen LogP contribution in [0.2, 0.25) is 0 Å². The van der Waals surface area contributed by atoms with Crippen molar-refractivity contribution in [1.29, 1.82) is 0 Å². The fourth-order valence-electron chi connectivity index (χ4n) is 2.48. The van der Waals surface area contributed by atoms with Gasteiger partial charge in [-0.3, -0.25) is 9.48 Å². The van der Waals surface area contributed by atoms with Crippen molar-refractivity contribution in [2.45, 2.75) is 60.0 Å². The Balaban J connectivity index is 2.23. The highest BCUT2D eigenvalue weighted by Gasteiger charge is 2.15. The average molecular weight is 318 g/mol. The maximum Gasteiger partial charge on any atom is 0.221 e. The zero-order valence-corrected chi connectivity index (χ0v) is 14.6.